The van der Waals surface area contributed by atoms with E-state index >= 15 is 0 Å². The second kappa shape index (κ2) is 4.53. The number of benzene rings is 1. The molecule has 0 aliphatic carbocycles. The van der Waals surface area contributed by atoms with Crippen LogP contribution in [0.1, 0.15) is 6.85 Å². The fourth-order valence-corrected chi connectivity index (χ4v) is 1.21. The molecule has 4 N–H and O–H groups in total. The molecule has 0 unspecified atom stereocenters. The molecule has 1 heterocycles. The fraction of sp³-hybridized carbons (Fsp3) is 0. The van der Waals surface area contributed by atoms with Gasteiger partial charge in [0.25, 0.3) is 0 Å². The lowest BCUT2D eigenvalue weighted by Crippen LogP contribution is -2.06. The van der Waals surface area contributed by atoms with Gasteiger partial charge in [-0.05, 0) is 18.1 Å². The van der Waals surface area contributed by atoms with Crippen LogP contribution in [-0.4, -0.2) is 13.0 Å². The highest BCUT2D eigenvalue weighted by molar-refractivity contribution is 7.81. The van der Waals surface area contributed by atoms with Crippen molar-refractivity contribution in [2.45, 2.75) is 0 Å². The molecule has 0 bridgehead atoms. The van der Waals surface area contributed by atoms with Crippen LogP contribution in [0.4, 0.5) is 0 Å². The Morgan fingerprint density at radius 1 is 1.29 bits per heavy atom. The number of rotatable bonds is 2. The van der Waals surface area contributed by atoms with Crippen molar-refractivity contribution >= 4 is 21.4 Å². The molecule has 0 saturated carbocycles. The van der Waals surface area contributed by atoms with Gasteiger partial charge in [-0.3, -0.25) is 4.55 Å². The third kappa shape index (κ3) is 3.28. The molecule has 1 aromatic carbocycles. The van der Waals surface area contributed by atoms with E-state index in [1.807, 2.05) is 0 Å². The van der Waals surface area contributed by atoms with Gasteiger partial charge >= 0.3 is 16.0 Å². The van der Waals surface area contributed by atoms with Gasteiger partial charge in [-0.15, -0.1) is 0 Å². The summed E-state index contributed by atoms with van der Waals surface area (Å²) in [5, 5.41) is -0.475. The zero-order valence-electron chi connectivity index (χ0n) is 13.1. The first-order chi connectivity index (χ1) is 9.54. The second-order valence-corrected chi connectivity index (χ2v) is 3.58. The van der Waals surface area contributed by atoms with E-state index in [2.05, 4.69) is 8.60 Å². The lowest BCUT2D eigenvalue weighted by Gasteiger charge is -2.01. The molecule has 0 amide bonds. The summed E-state index contributed by atoms with van der Waals surface area (Å²) in [6.45, 7) is 0. The molecule has 0 atom stereocenters. The molecule has 17 heavy (non-hydrogen) atoms. The molecular weight excluding hydrogens is 250 g/mol. The predicted molar refractivity (Wildman–Crippen MR) is 59.7 cm³/mol. The van der Waals surface area contributed by atoms with Gasteiger partial charge in [0.2, 0.25) is 0 Å². The van der Waals surface area contributed by atoms with Crippen LogP contribution in [0.15, 0.2) is 39.4 Å². The molecule has 92 valence electrons. The zero-order chi connectivity index (χ0) is 16.1. The van der Waals surface area contributed by atoms with E-state index in [0.717, 1.165) is 0 Å². The molecule has 8 heteroatoms. The average molecular weight is 264 g/mol. The summed E-state index contributed by atoms with van der Waals surface area (Å²) in [7, 11) is -5.06. The van der Waals surface area contributed by atoms with Crippen LogP contribution in [0.2, 0.25) is 0 Å². The average Bonchev–Trinajstić information content (AvgIpc) is 2.37. The van der Waals surface area contributed by atoms with Crippen LogP contribution in [0.5, 0.6) is 5.75 Å². The zero-order valence-corrected chi connectivity index (χ0v) is 8.92. The predicted octanol–water partition coefficient (Wildman–Crippen LogP) is 1.14. The van der Waals surface area contributed by atoms with E-state index in [1.54, 1.807) is 0 Å². The first-order valence-electron chi connectivity index (χ1n) is 6.25. The third-order valence-electron chi connectivity index (χ3n) is 1.43. The van der Waals surface area contributed by atoms with E-state index in [4.69, 9.17) is 11.4 Å². The summed E-state index contributed by atoms with van der Waals surface area (Å²) in [5.41, 5.74) is -1.95. The molecule has 0 spiro atoms. The molecule has 0 aliphatic heterocycles. The number of fused-ring (bicyclic) bond motifs is 1. The number of hydrogen-bond acceptors (Lipinski definition) is 6. The van der Waals surface area contributed by atoms with Crippen molar-refractivity contribution in [2.24, 2.45) is 0 Å². The Morgan fingerprint density at radius 2 is 1.94 bits per heavy atom. The van der Waals surface area contributed by atoms with Crippen molar-refractivity contribution in [2.75, 3.05) is 0 Å². The maximum atomic E-state index is 11.3. The Hall–Kier alpha value is -1.90. The molecule has 2 aromatic rings. The van der Waals surface area contributed by atoms with Crippen molar-refractivity contribution in [3.63, 3.8) is 0 Å². The van der Waals surface area contributed by atoms with Gasteiger partial charge in [-0.2, -0.15) is 8.42 Å². The standard InChI is InChI=1S/C9H6O6S.H3N/c10-9-4-2-6-1-3-7(5-8(6)14-9)15-16(11,12)13;/h1-5H,(H,11,12,13);1H3/i1D,2D,3D,4D,5D;. The molecule has 0 fully saturated rings. The highest BCUT2D eigenvalue weighted by Crippen LogP contribution is 2.20. The maximum absolute atomic E-state index is 11.3. The maximum Gasteiger partial charge on any atom is 0.446 e. The van der Waals surface area contributed by atoms with Gasteiger partial charge < -0.3 is 14.8 Å². The SMILES string of the molecule is N.[2H]c1c(OS(=O)(=O)O)c([2H])c2oc(=O)c([2H])c([2H])c2c1[2H]. The Balaban J connectivity index is 0.00000242. The van der Waals surface area contributed by atoms with E-state index in [-0.39, 0.29) is 6.15 Å². The van der Waals surface area contributed by atoms with Crippen LogP contribution in [-0.2, 0) is 10.4 Å². The monoisotopic (exact) mass is 264 g/mol. The van der Waals surface area contributed by atoms with Crippen molar-refractivity contribution < 1.29 is 28.4 Å². The molecule has 0 saturated heterocycles. The largest absolute Gasteiger partial charge is 0.446 e. The summed E-state index contributed by atoms with van der Waals surface area (Å²) >= 11 is 0. The van der Waals surface area contributed by atoms with Crippen LogP contribution in [0.25, 0.3) is 11.0 Å². The minimum absolute atomic E-state index is 0. The fourth-order valence-electron chi connectivity index (χ4n) is 0.916. The van der Waals surface area contributed by atoms with E-state index in [0.29, 0.717) is 0 Å². The summed E-state index contributed by atoms with van der Waals surface area (Å²) in [5.74, 6) is -1.02. The Labute approximate surface area is 103 Å². The summed E-state index contributed by atoms with van der Waals surface area (Å²) in [4.78, 5) is 11.3. The quantitative estimate of drug-likeness (QED) is 0.614. The topological polar surface area (TPSA) is 129 Å². The molecule has 7 nitrogen and oxygen atoms in total. The van der Waals surface area contributed by atoms with Crippen LogP contribution in [0, 0.1) is 0 Å². The van der Waals surface area contributed by atoms with Gasteiger partial charge in [0, 0.05) is 17.5 Å². The van der Waals surface area contributed by atoms with Gasteiger partial charge in [0.15, 0.2) is 0 Å². The minimum Gasteiger partial charge on any atom is -0.423 e. The smallest absolute Gasteiger partial charge is 0.423 e. The Morgan fingerprint density at radius 3 is 2.59 bits per heavy atom. The lowest BCUT2D eigenvalue weighted by atomic mass is 10.2. The van der Waals surface area contributed by atoms with Gasteiger partial charge in [0.1, 0.15) is 11.3 Å². The summed E-state index contributed by atoms with van der Waals surface area (Å²) in [6.07, 6.45) is 0. The normalized spacial score (nSPS) is 15.0. The van der Waals surface area contributed by atoms with Gasteiger partial charge in [-0.1, -0.05) is 0 Å². The van der Waals surface area contributed by atoms with Crippen molar-refractivity contribution in [1.82, 2.24) is 6.15 Å². The molecular formula is C9H9NO6S. The van der Waals surface area contributed by atoms with E-state index < -0.39 is 63.0 Å². The first kappa shape index (κ1) is 7.43. The summed E-state index contributed by atoms with van der Waals surface area (Å²) in [6, 6.07) is -4.19. The Bertz CT molecular complexity index is 925. The second-order valence-electron chi connectivity index (χ2n) is 2.56. The van der Waals surface area contributed by atoms with Crippen molar-refractivity contribution in [1.29, 1.82) is 0 Å². The van der Waals surface area contributed by atoms with Crippen LogP contribution >= 0.6 is 0 Å². The van der Waals surface area contributed by atoms with Gasteiger partial charge in [-0.25, -0.2) is 4.79 Å². The minimum atomic E-state index is -5.06. The summed E-state index contributed by atoms with van der Waals surface area (Å²) < 4.78 is 76.3. The number of hydrogen-bond donors (Lipinski definition) is 2. The van der Waals surface area contributed by atoms with Crippen molar-refractivity contribution in [3.8, 4) is 5.75 Å². The highest BCUT2D eigenvalue weighted by atomic mass is 32.3. The lowest BCUT2D eigenvalue weighted by molar-refractivity contribution is 0.386. The van der Waals surface area contributed by atoms with Crippen molar-refractivity contribution in [3.05, 3.63) is 40.6 Å². The molecule has 1 aromatic heterocycles. The van der Waals surface area contributed by atoms with Crippen LogP contribution in [0.3, 0.4) is 0 Å². The molecule has 2 rings (SSSR count). The molecule has 0 radical (unpaired) electrons. The first-order valence-corrected chi connectivity index (χ1v) is 5.11. The molecule has 0 aliphatic rings. The van der Waals surface area contributed by atoms with E-state index in [9.17, 15) is 13.2 Å². The van der Waals surface area contributed by atoms with E-state index in [1.165, 1.54) is 0 Å². The van der Waals surface area contributed by atoms with Crippen LogP contribution < -0.4 is 16.0 Å². The van der Waals surface area contributed by atoms with Gasteiger partial charge in [0.05, 0.1) is 6.85 Å². The third-order valence-corrected chi connectivity index (χ3v) is 1.81. The highest BCUT2D eigenvalue weighted by Gasteiger charge is 2.08. The Kier molecular flexibility index (Phi) is 1.98.